The number of hydrogen-bond donors (Lipinski definition) is 2. The van der Waals surface area contributed by atoms with Crippen LogP contribution in [0.15, 0.2) is 52.3 Å². The Morgan fingerprint density at radius 2 is 1.56 bits per heavy atom. The second kappa shape index (κ2) is 7.28. The number of nitrogens with one attached hydrogen (secondary N) is 2. The SMILES string of the molecule is CC(C)NS(=O)(=O)c1ccc(NS(=O)(=O)c2ccc(Cl)cc2F)cc1. The number of halogens is 2. The molecule has 0 aliphatic rings. The van der Waals surface area contributed by atoms with E-state index >= 15 is 0 Å². The van der Waals surface area contributed by atoms with Crippen molar-refractivity contribution in [1.29, 1.82) is 0 Å². The van der Waals surface area contributed by atoms with Gasteiger partial charge in [-0.15, -0.1) is 0 Å². The zero-order valence-electron chi connectivity index (χ0n) is 13.3. The summed E-state index contributed by atoms with van der Waals surface area (Å²) in [5, 5.41) is 0.0728. The molecule has 0 unspecified atom stereocenters. The van der Waals surface area contributed by atoms with E-state index < -0.39 is 30.8 Å². The predicted molar refractivity (Wildman–Crippen MR) is 94.1 cm³/mol. The number of rotatable bonds is 6. The predicted octanol–water partition coefficient (Wildman–Crippen LogP) is 2.97. The maximum Gasteiger partial charge on any atom is 0.264 e. The molecule has 0 aromatic heterocycles. The van der Waals surface area contributed by atoms with Crippen LogP contribution in [-0.2, 0) is 20.0 Å². The Hall–Kier alpha value is -1.68. The van der Waals surface area contributed by atoms with Crippen LogP contribution in [0.3, 0.4) is 0 Å². The lowest BCUT2D eigenvalue weighted by molar-refractivity contribution is 0.568. The average Bonchev–Trinajstić information content (AvgIpc) is 2.45. The van der Waals surface area contributed by atoms with Gasteiger partial charge in [0.2, 0.25) is 10.0 Å². The van der Waals surface area contributed by atoms with Crippen molar-refractivity contribution in [3.8, 4) is 0 Å². The number of benzene rings is 2. The molecule has 0 saturated heterocycles. The van der Waals surface area contributed by atoms with Crippen LogP contribution in [0, 0.1) is 5.82 Å². The first-order chi connectivity index (χ1) is 11.5. The summed E-state index contributed by atoms with van der Waals surface area (Å²) in [7, 11) is -7.86. The molecular weight excluding hydrogens is 391 g/mol. The Bertz CT molecular complexity index is 975. The van der Waals surface area contributed by atoms with Crippen molar-refractivity contribution in [3.05, 3.63) is 53.3 Å². The van der Waals surface area contributed by atoms with Gasteiger partial charge in [-0.25, -0.2) is 25.9 Å². The van der Waals surface area contributed by atoms with Gasteiger partial charge in [0.05, 0.1) is 4.90 Å². The van der Waals surface area contributed by atoms with Crippen molar-refractivity contribution in [2.45, 2.75) is 29.7 Å². The second-order valence-electron chi connectivity index (χ2n) is 5.48. The minimum Gasteiger partial charge on any atom is -0.280 e. The van der Waals surface area contributed by atoms with Crippen LogP contribution in [0.2, 0.25) is 5.02 Å². The number of hydrogen-bond acceptors (Lipinski definition) is 4. The van der Waals surface area contributed by atoms with Crippen LogP contribution in [0.4, 0.5) is 10.1 Å². The third-order valence-electron chi connectivity index (χ3n) is 2.99. The van der Waals surface area contributed by atoms with E-state index in [9.17, 15) is 21.2 Å². The third kappa shape index (κ3) is 4.91. The van der Waals surface area contributed by atoms with Gasteiger partial charge in [-0.05, 0) is 56.3 Å². The summed E-state index contributed by atoms with van der Waals surface area (Å²) < 4.78 is 66.9. The van der Waals surface area contributed by atoms with Crippen LogP contribution >= 0.6 is 11.6 Å². The maximum absolute atomic E-state index is 13.8. The van der Waals surface area contributed by atoms with Crippen molar-refractivity contribution >= 4 is 37.3 Å². The fraction of sp³-hybridized carbons (Fsp3) is 0.200. The normalized spacial score (nSPS) is 12.4. The molecule has 0 aliphatic heterocycles. The van der Waals surface area contributed by atoms with Crippen LogP contribution in [0.5, 0.6) is 0 Å². The lowest BCUT2D eigenvalue weighted by atomic mass is 10.3. The van der Waals surface area contributed by atoms with Crippen molar-refractivity contribution in [1.82, 2.24) is 4.72 Å². The molecule has 0 amide bonds. The van der Waals surface area contributed by atoms with Crippen LogP contribution in [-0.4, -0.2) is 22.9 Å². The molecule has 0 aliphatic carbocycles. The summed E-state index contributed by atoms with van der Waals surface area (Å²) in [5.41, 5.74) is 0.0952. The quantitative estimate of drug-likeness (QED) is 0.771. The van der Waals surface area contributed by atoms with Gasteiger partial charge in [-0.2, -0.15) is 0 Å². The molecule has 2 aromatic rings. The molecule has 0 saturated carbocycles. The van der Waals surface area contributed by atoms with E-state index in [1.54, 1.807) is 13.8 Å². The highest BCUT2D eigenvalue weighted by Crippen LogP contribution is 2.22. The molecular formula is C15H16ClFN2O4S2. The van der Waals surface area contributed by atoms with Crippen LogP contribution in [0.25, 0.3) is 0 Å². The Kier molecular flexibility index (Phi) is 5.72. The smallest absolute Gasteiger partial charge is 0.264 e. The molecule has 0 fully saturated rings. The van der Waals surface area contributed by atoms with E-state index in [1.165, 1.54) is 30.3 Å². The van der Waals surface area contributed by atoms with E-state index in [-0.39, 0.29) is 21.6 Å². The first-order valence-corrected chi connectivity index (χ1v) is 10.5. The molecule has 6 nitrogen and oxygen atoms in total. The fourth-order valence-corrected chi connectivity index (χ4v) is 4.51. The lowest BCUT2D eigenvalue weighted by Crippen LogP contribution is -2.30. The van der Waals surface area contributed by atoms with Gasteiger partial charge in [0, 0.05) is 16.8 Å². The van der Waals surface area contributed by atoms with Crippen LogP contribution < -0.4 is 9.44 Å². The van der Waals surface area contributed by atoms with E-state index in [0.717, 1.165) is 12.1 Å². The monoisotopic (exact) mass is 406 g/mol. The minimum absolute atomic E-state index is 0.0122. The van der Waals surface area contributed by atoms with Gasteiger partial charge in [0.15, 0.2) is 0 Å². The van der Waals surface area contributed by atoms with Gasteiger partial charge in [0.25, 0.3) is 10.0 Å². The molecule has 2 rings (SSSR count). The highest BCUT2D eigenvalue weighted by Gasteiger charge is 2.20. The molecule has 0 radical (unpaired) electrons. The fourth-order valence-electron chi connectivity index (χ4n) is 1.98. The van der Waals surface area contributed by atoms with Gasteiger partial charge in [-0.1, -0.05) is 11.6 Å². The molecule has 136 valence electrons. The van der Waals surface area contributed by atoms with Gasteiger partial charge in [0.1, 0.15) is 10.7 Å². The summed E-state index contributed by atoms with van der Waals surface area (Å²) >= 11 is 5.61. The average molecular weight is 407 g/mol. The first-order valence-electron chi connectivity index (χ1n) is 7.11. The van der Waals surface area contributed by atoms with Crippen molar-refractivity contribution in [2.24, 2.45) is 0 Å². The summed E-state index contributed by atoms with van der Waals surface area (Å²) in [6.45, 7) is 3.36. The Morgan fingerprint density at radius 1 is 0.960 bits per heavy atom. The van der Waals surface area contributed by atoms with E-state index in [4.69, 9.17) is 11.6 Å². The molecule has 0 bridgehead atoms. The van der Waals surface area contributed by atoms with Crippen LogP contribution in [0.1, 0.15) is 13.8 Å². The Labute approximate surface area is 151 Å². The highest BCUT2D eigenvalue weighted by molar-refractivity contribution is 7.92. The Balaban J connectivity index is 2.26. The topological polar surface area (TPSA) is 92.3 Å². The Morgan fingerprint density at radius 3 is 2.08 bits per heavy atom. The third-order valence-corrected chi connectivity index (χ3v) is 6.32. The molecule has 0 spiro atoms. The van der Waals surface area contributed by atoms with Gasteiger partial charge in [-0.3, -0.25) is 4.72 Å². The molecule has 0 atom stereocenters. The van der Waals surface area contributed by atoms with E-state index in [0.29, 0.717) is 0 Å². The molecule has 0 heterocycles. The maximum atomic E-state index is 13.8. The minimum atomic E-state index is -4.18. The molecule has 25 heavy (non-hydrogen) atoms. The summed E-state index contributed by atoms with van der Waals surface area (Å²) in [5.74, 6) is -0.986. The number of sulfonamides is 2. The second-order valence-corrected chi connectivity index (χ2v) is 9.28. The highest BCUT2D eigenvalue weighted by atomic mass is 35.5. The zero-order valence-corrected chi connectivity index (χ0v) is 15.7. The summed E-state index contributed by atoms with van der Waals surface area (Å²) in [6, 6.07) is 7.97. The lowest BCUT2D eigenvalue weighted by Gasteiger charge is -2.11. The molecule has 10 heteroatoms. The van der Waals surface area contributed by atoms with E-state index in [2.05, 4.69) is 9.44 Å². The first kappa shape index (κ1) is 19.6. The van der Waals surface area contributed by atoms with Gasteiger partial charge < -0.3 is 0 Å². The van der Waals surface area contributed by atoms with Crippen molar-refractivity contribution in [3.63, 3.8) is 0 Å². The summed E-state index contributed by atoms with van der Waals surface area (Å²) in [4.78, 5) is -0.572. The summed E-state index contributed by atoms with van der Waals surface area (Å²) in [6.07, 6.45) is 0. The number of anilines is 1. The standard InChI is InChI=1S/C15H16ClFN2O4S2/c1-10(2)18-24(20,21)13-6-4-12(5-7-13)19-25(22,23)15-8-3-11(16)9-14(15)17/h3-10,18-19H,1-2H3. The van der Waals surface area contributed by atoms with E-state index in [1.807, 2.05) is 0 Å². The molecule has 2 N–H and O–H groups in total. The molecule has 2 aromatic carbocycles. The van der Waals surface area contributed by atoms with Crippen molar-refractivity contribution in [2.75, 3.05) is 4.72 Å². The zero-order chi connectivity index (χ0) is 18.8. The largest absolute Gasteiger partial charge is 0.280 e. The van der Waals surface area contributed by atoms with Crippen molar-refractivity contribution < 1.29 is 21.2 Å². The van der Waals surface area contributed by atoms with Gasteiger partial charge >= 0.3 is 0 Å².